The smallest absolute Gasteiger partial charge is 0.269 e. The summed E-state index contributed by atoms with van der Waals surface area (Å²) in [5, 5.41) is 10.1. The summed E-state index contributed by atoms with van der Waals surface area (Å²) in [6.45, 7) is 0.375. The lowest BCUT2D eigenvalue weighted by Gasteiger charge is -2.02. The van der Waals surface area contributed by atoms with E-state index >= 15 is 0 Å². The molecular formula is C8H11N5O2. The Balaban J connectivity index is 2.50. The molecule has 1 aromatic rings. The Morgan fingerprint density at radius 2 is 2.00 bits per heavy atom. The molecule has 0 saturated heterocycles. The Morgan fingerprint density at radius 1 is 1.27 bits per heavy atom. The van der Waals surface area contributed by atoms with Crippen molar-refractivity contribution >= 4 is 17.6 Å². The second-order valence-electron chi connectivity index (χ2n) is 2.81. The van der Waals surface area contributed by atoms with Crippen LogP contribution in [0.15, 0.2) is 12.1 Å². The first-order chi connectivity index (χ1) is 7.09. The molecule has 0 aliphatic carbocycles. The fourth-order valence-corrected chi connectivity index (χ4v) is 0.872. The molecule has 0 aromatic carbocycles. The van der Waals surface area contributed by atoms with Gasteiger partial charge in [0.05, 0.1) is 0 Å². The number of nitrogens with zero attached hydrogens (tertiary/aromatic N) is 2. The number of carbonyl (C=O) groups is 2. The average molecular weight is 209 g/mol. The summed E-state index contributed by atoms with van der Waals surface area (Å²) in [5.41, 5.74) is 10.0. The molecule has 0 bridgehead atoms. The van der Waals surface area contributed by atoms with E-state index in [0.717, 1.165) is 0 Å². The Morgan fingerprint density at radius 3 is 2.47 bits per heavy atom. The number of aromatic nitrogens is 2. The number of rotatable bonds is 5. The molecule has 2 amide bonds. The number of anilines is 1. The maximum Gasteiger partial charge on any atom is 0.269 e. The van der Waals surface area contributed by atoms with Gasteiger partial charge in [-0.1, -0.05) is 0 Å². The number of hydrogen-bond acceptors (Lipinski definition) is 5. The molecule has 0 atom stereocenters. The van der Waals surface area contributed by atoms with Gasteiger partial charge < -0.3 is 16.8 Å². The topological polar surface area (TPSA) is 124 Å². The molecule has 1 rings (SSSR count). The molecule has 7 heteroatoms. The summed E-state index contributed by atoms with van der Waals surface area (Å²) in [6, 6.07) is 3.00. The van der Waals surface area contributed by atoms with E-state index in [9.17, 15) is 9.59 Å². The summed E-state index contributed by atoms with van der Waals surface area (Å²) in [6.07, 6.45) is 0.208. The molecule has 0 aliphatic heterocycles. The highest BCUT2D eigenvalue weighted by molar-refractivity contribution is 5.90. The third-order valence-corrected chi connectivity index (χ3v) is 1.59. The highest BCUT2D eigenvalue weighted by Crippen LogP contribution is 2.01. The van der Waals surface area contributed by atoms with E-state index in [1.54, 1.807) is 6.07 Å². The van der Waals surface area contributed by atoms with Crippen molar-refractivity contribution in [2.45, 2.75) is 6.42 Å². The monoisotopic (exact) mass is 209 g/mol. The van der Waals surface area contributed by atoms with Gasteiger partial charge in [0.1, 0.15) is 5.82 Å². The van der Waals surface area contributed by atoms with Crippen molar-refractivity contribution in [1.29, 1.82) is 0 Å². The van der Waals surface area contributed by atoms with Crippen molar-refractivity contribution in [3.05, 3.63) is 17.8 Å². The van der Waals surface area contributed by atoms with Gasteiger partial charge in [0.2, 0.25) is 5.91 Å². The summed E-state index contributed by atoms with van der Waals surface area (Å²) in [4.78, 5) is 21.1. The number of hydrogen-bond donors (Lipinski definition) is 3. The van der Waals surface area contributed by atoms with E-state index in [1.165, 1.54) is 6.07 Å². The summed E-state index contributed by atoms with van der Waals surface area (Å²) >= 11 is 0. The molecule has 0 fully saturated rings. The molecule has 0 aliphatic rings. The Labute approximate surface area is 85.9 Å². The Hall–Kier alpha value is -2.18. The first-order valence-corrected chi connectivity index (χ1v) is 4.25. The van der Waals surface area contributed by atoms with E-state index in [2.05, 4.69) is 15.5 Å². The molecule has 0 unspecified atom stereocenters. The summed E-state index contributed by atoms with van der Waals surface area (Å²) in [7, 11) is 0. The van der Waals surface area contributed by atoms with Crippen LogP contribution >= 0.6 is 0 Å². The van der Waals surface area contributed by atoms with Gasteiger partial charge in [-0.2, -0.15) is 0 Å². The van der Waals surface area contributed by atoms with E-state index in [4.69, 9.17) is 11.5 Å². The van der Waals surface area contributed by atoms with Gasteiger partial charge in [0.15, 0.2) is 5.69 Å². The number of carbonyl (C=O) groups excluding carboxylic acids is 2. The zero-order valence-electron chi connectivity index (χ0n) is 7.93. The normalized spacial score (nSPS) is 9.60. The molecule has 80 valence electrons. The number of primary amides is 2. The standard InChI is InChI=1S/C8H11N5O2/c9-6(14)3-4-11-7-2-1-5(8(10)15)12-13-7/h1-2H,3-4H2,(H2,9,14)(H2,10,15)(H,11,13). The third kappa shape index (κ3) is 3.59. The van der Waals surface area contributed by atoms with Crippen LogP contribution in [-0.2, 0) is 4.79 Å². The fourth-order valence-electron chi connectivity index (χ4n) is 0.872. The van der Waals surface area contributed by atoms with Crippen LogP contribution in [0.3, 0.4) is 0 Å². The number of nitrogens with one attached hydrogen (secondary N) is 1. The second-order valence-corrected chi connectivity index (χ2v) is 2.81. The van der Waals surface area contributed by atoms with E-state index in [1.807, 2.05) is 0 Å². The first kappa shape index (κ1) is 10.9. The van der Waals surface area contributed by atoms with Gasteiger partial charge in [-0.3, -0.25) is 9.59 Å². The van der Waals surface area contributed by atoms with Crippen LogP contribution in [0, 0.1) is 0 Å². The highest BCUT2D eigenvalue weighted by Gasteiger charge is 2.02. The molecule has 7 nitrogen and oxygen atoms in total. The van der Waals surface area contributed by atoms with Gasteiger partial charge in [0.25, 0.3) is 5.91 Å². The van der Waals surface area contributed by atoms with Gasteiger partial charge in [-0.15, -0.1) is 10.2 Å². The van der Waals surface area contributed by atoms with Crippen LogP contribution in [0.25, 0.3) is 0 Å². The second kappa shape index (κ2) is 4.89. The van der Waals surface area contributed by atoms with E-state index < -0.39 is 11.8 Å². The maximum atomic E-state index is 10.7. The predicted octanol–water partition coefficient (Wildman–Crippen LogP) is -1.14. The quantitative estimate of drug-likeness (QED) is 0.565. The van der Waals surface area contributed by atoms with Crippen molar-refractivity contribution in [3.8, 4) is 0 Å². The largest absolute Gasteiger partial charge is 0.370 e. The van der Waals surface area contributed by atoms with E-state index in [0.29, 0.717) is 12.4 Å². The Kier molecular flexibility index (Phi) is 3.55. The minimum absolute atomic E-state index is 0.0930. The number of nitrogens with two attached hydrogens (primary N) is 2. The third-order valence-electron chi connectivity index (χ3n) is 1.59. The minimum Gasteiger partial charge on any atom is -0.370 e. The summed E-state index contributed by atoms with van der Waals surface area (Å²) in [5.74, 6) is -0.573. The van der Waals surface area contributed by atoms with Crippen molar-refractivity contribution in [3.63, 3.8) is 0 Å². The van der Waals surface area contributed by atoms with Crippen LogP contribution in [0.1, 0.15) is 16.9 Å². The van der Waals surface area contributed by atoms with Gasteiger partial charge in [-0.25, -0.2) is 0 Å². The number of amides is 2. The van der Waals surface area contributed by atoms with Gasteiger partial charge in [0, 0.05) is 13.0 Å². The maximum absolute atomic E-state index is 10.7. The Bertz CT molecular complexity index is 362. The minimum atomic E-state index is -0.633. The van der Waals surface area contributed by atoms with Crippen LogP contribution in [0.4, 0.5) is 5.82 Å². The molecule has 1 aromatic heterocycles. The van der Waals surface area contributed by atoms with Gasteiger partial charge >= 0.3 is 0 Å². The van der Waals surface area contributed by atoms with Crippen molar-refractivity contribution < 1.29 is 9.59 Å². The molecular weight excluding hydrogens is 198 g/mol. The highest BCUT2D eigenvalue weighted by atomic mass is 16.1. The molecule has 1 heterocycles. The predicted molar refractivity (Wildman–Crippen MR) is 52.9 cm³/mol. The van der Waals surface area contributed by atoms with E-state index in [-0.39, 0.29) is 12.1 Å². The van der Waals surface area contributed by atoms with Gasteiger partial charge in [-0.05, 0) is 12.1 Å². The van der Waals surface area contributed by atoms with Crippen LogP contribution in [0.5, 0.6) is 0 Å². The lowest BCUT2D eigenvalue weighted by Crippen LogP contribution is -2.17. The lowest BCUT2D eigenvalue weighted by atomic mass is 10.3. The van der Waals surface area contributed by atoms with Crippen molar-refractivity contribution in [2.24, 2.45) is 11.5 Å². The fraction of sp³-hybridized carbons (Fsp3) is 0.250. The van der Waals surface area contributed by atoms with Crippen LogP contribution < -0.4 is 16.8 Å². The molecule has 5 N–H and O–H groups in total. The summed E-state index contributed by atoms with van der Waals surface area (Å²) < 4.78 is 0. The molecule has 0 radical (unpaired) electrons. The first-order valence-electron chi connectivity index (χ1n) is 4.25. The zero-order chi connectivity index (χ0) is 11.3. The van der Waals surface area contributed by atoms with Crippen LogP contribution in [0.2, 0.25) is 0 Å². The lowest BCUT2D eigenvalue weighted by molar-refractivity contribution is -0.117. The SMILES string of the molecule is NC(=O)CCNc1ccc(C(N)=O)nn1. The zero-order valence-corrected chi connectivity index (χ0v) is 7.93. The van der Waals surface area contributed by atoms with Crippen molar-refractivity contribution in [1.82, 2.24) is 10.2 Å². The molecule has 0 spiro atoms. The van der Waals surface area contributed by atoms with Crippen molar-refractivity contribution in [2.75, 3.05) is 11.9 Å². The van der Waals surface area contributed by atoms with Crippen LogP contribution in [-0.4, -0.2) is 28.6 Å². The average Bonchev–Trinajstić information content (AvgIpc) is 2.18. The molecule has 0 saturated carbocycles. The molecule has 15 heavy (non-hydrogen) atoms.